The number of rotatable bonds is 2. The first-order valence-corrected chi connectivity index (χ1v) is 5.05. The fourth-order valence-corrected chi connectivity index (χ4v) is 1.67. The number of hydrogen-bond acceptors (Lipinski definition) is 3. The molecule has 1 atom stereocenters. The highest BCUT2D eigenvalue weighted by Crippen LogP contribution is 2.33. The van der Waals surface area contributed by atoms with E-state index in [4.69, 9.17) is 10.5 Å². The molecule has 1 aromatic rings. The first kappa shape index (κ1) is 9.98. The van der Waals surface area contributed by atoms with E-state index < -0.39 is 6.10 Å². The molecule has 1 aliphatic heterocycles. The molecule has 0 fully saturated rings. The van der Waals surface area contributed by atoms with Crippen LogP contribution in [0.5, 0.6) is 5.75 Å². The van der Waals surface area contributed by atoms with Gasteiger partial charge in [-0.25, -0.2) is 0 Å². The van der Waals surface area contributed by atoms with Crippen molar-refractivity contribution in [2.24, 2.45) is 5.73 Å². The third-order valence-corrected chi connectivity index (χ3v) is 2.50. The van der Waals surface area contributed by atoms with Crippen molar-refractivity contribution in [2.75, 3.05) is 11.9 Å². The van der Waals surface area contributed by atoms with Crippen LogP contribution in [0, 0.1) is 0 Å². The molecule has 1 unspecified atom stereocenters. The third kappa shape index (κ3) is 1.68. The van der Waals surface area contributed by atoms with E-state index in [9.17, 15) is 4.79 Å². The van der Waals surface area contributed by atoms with E-state index in [1.54, 1.807) is 0 Å². The van der Waals surface area contributed by atoms with Crippen molar-refractivity contribution in [1.82, 2.24) is 0 Å². The number of fused-ring (bicyclic) bond motifs is 1. The Morgan fingerprint density at radius 3 is 3.00 bits per heavy atom. The van der Waals surface area contributed by atoms with E-state index in [0.29, 0.717) is 0 Å². The largest absolute Gasteiger partial charge is 0.477 e. The number of nitrogens with two attached hydrogens (primary N) is 1. The van der Waals surface area contributed by atoms with Crippen LogP contribution in [0.4, 0.5) is 5.69 Å². The summed E-state index contributed by atoms with van der Waals surface area (Å²) in [6.45, 7) is 2.25. The molecule has 1 heterocycles. The van der Waals surface area contributed by atoms with Crippen LogP contribution in [-0.4, -0.2) is 18.6 Å². The monoisotopic (exact) mass is 206 g/mol. The van der Waals surface area contributed by atoms with Gasteiger partial charge in [-0.15, -0.1) is 0 Å². The number of carbonyl (C=O) groups is 1. The second-order valence-electron chi connectivity index (χ2n) is 3.48. The fourth-order valence-electron chi connectivity index (χ4n) is 1.67. The molecular weight excluding hydrogens is 192 g/mol. The van der Waals surface area contributed by atoms with Gasteiger partial charge in [0, 0.05) is 6.54 Å². The number of aryl methyl sites for hydroxylation is 1. The number of hydrogen-bond donors (Lipinski definition) is 2. The van der Waals surface area contributed by atoms with Gasteiger partial charge < -0.3 is 15.8 Å². The van der Waals surface area contributed by atoms with Crippen LogP contribution in [0.3, 0.4) is 0 Å². The first-order chi connectivity index (χ1) is 7.26. The Morgan fingerprint density at radius 2 is 2.33 bits per heavy atom. The summed E-state index contributed by atoms with van der Waals surface area (Å²) in [4.78, 5) is 11.5. The average Bonchev–Trinajstić information content (AvgIpc) is 2.27. The molecule has 0 saturated carbocycles. The predicted molar refractivity (Wildman–Crippen MR) is 57.9 cm³/mol. The lowest BCUT2D eigenvalue weighted by molar-refractivity contribution is -0.123. The number of benzene rings is 1. The Hall–Kier alpha value is -1.55. The Labute approximate surface area is 88.4 Å². The Morgan fingerprint density at radius 1 is 1.53 bits per heavy atom. The Bertz CT molecular complexity index is 390. The molecule has 0 saturated heterocycles. The SMILES string of the molecule is CCc1cccc2c1OC(CN)C(=O)N2. The van der Waals surface area contributed by atoms with E-state index in [1.807, 2.05) is 25.1 Å². The van der Waals surface area contributed by atoms with Crippen LogP contribution in [0.2, 0.25) is 0 Å². The molecule has 3 N–H and O–H groups in total. The quantitative estimate of drug-likeness (QED) is 0.755. The standard InChI is InChI=1S/C11H14N2O2/c1-2-7-4-3-5-8-10(7)15-9(6-12)11(14)13-8/h3-5,9H,2,6,12H2,1H3,(H,13,14). The van der Waals surface area contributed by atoms with Crippen LogP contribution < -0.4 is 15.8 Å². The van der Waals surface area contributed by atoms with Crippen LogP contribution in [0.1, 0.15) is 12.5 Å². The molecule has 15 heavy (non-hydrogen) atoms. The zero-order valence-electron chi connectivity index (χ0n) is 8.62. The molecule has 0 spiro atoms. The van der Waals surface area contributed by atoms with Crippen LogP contribution in [-0.2, 0) is 11.2 Å². The summed E-state index contributed by atoms with van der Waals surface area (Å²) in [5, 5.41) is 2.79. The lowest BCUT2D eigenvalue weighted by Crippen LogP contribution is -2.42. The summed E-state index contributed by atoms with van der Waals surface area (Å²) in [5.74, 6) is 0.591. The van der Waals surface area contributed by atoms with E-state index in [0.717, 1.165) is 23.4 Å². The number of carbonyl (C=O) groups excluding carboxylic acids is 1. The summed E-state index contributed by atoms with van der Waals surface area (Å²) >= 11 is 0. The van der Waals surface area contributed by atoms with E-state index in [2.05, 4.69) is 5.32 Å². The number of anilines is 1. The minimum absolute atomic E-state index is 0.168. The van der Waals surface area contributed by atoms with Crippen molar-refractivity contribution in [3.63, 3.8) is 0 Å². The van der Waals surface area contributed by atoms with Gasteiger partial charge in [0.25, 0.3) is 5.91 Å². The molecule has 1 aromatic carbocycles. The summed E-state index contributed by atoms with van der Waals surface area (Å²) in [7, 11) is 0. The lowest BCUT2D eigenvalue weighted by atomic mass is 10.1. The number of nitrogens with one attached hydrogen (secondary N) is 1. The Kier molecular flexibility index (Phi) is 2.60. The zero-order chi connectivity index (χ0) is 10.8. The van der Waals surface area contributed by atoms with Crippen molar-refractivity contribution in [2.45, 2.75) is 19.4 Å². The van der Waals surface area contributed by atoms with Crippen molar-refractivity contribution < 1.29 is 9.53 Å². The van der Waals surface area contributed by atoms with Crippen LogP contribution >= 0.6 is 0 Å². The first-order valence-electron chi connectivity index (χ1n) is 5.05. The molecule has 0 aromatic heterocycles. The van der Waals surface area contributed by atoms with Gasteiger partial charge in [-0.2, -0.15) is 0 Å². The second-order valence-corrected chi connectivity index (χ2v) is 3.48. The predicted octanol–water partition coefficient (Wildman–Crippen LogP) is 0.907. The van der Waals surface area contributed by atoms with Gasteiger partial charge in [0.2, 0.25) is 0 Å². The normalized spacial score (nSPS) is 19.1. The molecule has 80 valence electrons. The Balaban J connectivity index is 2.40. The number of ether oxygens (including phenoxy) is 1. The minimum atomic E-state index is -0.565. The van der Waals surface area contributed by atoms with Gasteiger partial charge in [0.1, 0.15) is 5.75 Å². The molecule has 2 rings (SSSR count). The molecular formula is C11H14N2O2. The van der Waals surface area contributed by atoms with E-state index in [-0.39, 0.29) is 12.5 Å². The van der Waals surface area contributed by atoms with E-state index >= 15 is 0 Å². The smallest absolute Gasteiger partial charge is 0.266 e. The molecule has 0 bridgehead atoms. The number of amides is 1. The molecule has 1 aliphatic rings. The lowest BCUT2D eigenvalue weighted by Gasteiger charge is -2.26. The highest BCUT2D eigenvalue weighted by atomic mass is 16.5. The topological polar surface area (TPSA) is 64.3 Å². The maximum Gasteiger partial charge on any atom is 0.266 e. The van der Waals surface area contributed by atoms with Gasteiger partial charge in [-0.05, 0) is 18.1 Å². The van der Waals surface area contributed by atoms with Crippen molar-refractivity contribution in [3.05, 3.63) is 23.8 Å². The van der Waals surface area contributed by atoms with Crippen molar-refractivity contribution in [3.8, 4) is 5.75 Å². The second kappa shape index (κ2) is 3.90. The zero-order valence-corrected chi connectivity index (χ0v) is 8.62. The fraction of sp³-hybridized carbons (Fsp3) is 0.364. The van der Waals surface area contributed by atoms with Crippen molar-refractivity contribution >= 4 is 11.6 Å². The van der Waals surface area contributed by atoms with Gasteiger partial charge in [0.15, 0.2) is 6.10 Å². The third-order valence-electron chi connectivity index (χ3n) is 2.50. The molecule has 4 heteroatoms. The van der Waals surface area contributed by atoms with Gasteiger partial charge in [-0.3, -0.25) is 4.79 Å². The van der Waals surface area contributed by atoms with Crippen LogP contribution in [0.25, 0.3) is 0 Å². The summed E-state index contributed by atoms with van der Waals surface area (Å²) in [5.41, 5.74) is 7.29. The highest BCUT2D eigenvalue weighted by Gasteiger charge is 2.27. The molecule has 0 radical (unpaired) electrons. The molecule has 4 nitrogen and oxygen atoms in total. The van der Waals surface area contributed by atoms with Gasteiger partial charge >= 0.3 is 0 Å². The van der Waals surface area contributed by atoms with Crippen LogP contribution in [0.15, 0.2) is 18.2 Å². The van der Waals surface area contributed by atoms with Gasteiger partial charge in [0.05, 0.1) is 5.69 Å². The van der Waals surface area contributed by atoms with Crippen molar-refractivity contribution in [1.29, 1.82) is 0 Å². The molecule has 1 amide bonds. The average molecular weight is 206 g/mol. The summed E-state index contributed by atoms with van der Waals surface area (Å²) < 4.78 is 5.58. The highest BCUT2D eigenvalue weighted by molar-refractivity contribution is 5.98. The number of para-hydroxylation sites is 1. The molecule has 0 aliphatic carbocycles. The maximum atomic E-state index is 11.5. The summed E-state index contributed by atoms with van der Waals surface area (Å²) in [6.07, 6.45) is 0.307. The van der Waals surface area contributed by atoms with E-state index in [1.165, 1.54) is 0 Å². The van der Waals surface area contributed by atoms with Gasteiger partial charge in [-0.1, -0.05) is 19.1 Å². The minimum Gasteiger partial charge on any atom is -0.477 e. The maximum absolute atomic E-state index is 11.5. The summed E-state index contributed by atoms with van der Waals surface area (Å²) in [6, 6.07) is 5.73.